The van der Waals surface area contributed by atoms with Gasteiger partial charge in [-0.05, 0) is 35.0 Å². The van der Waals surface area contributed by atoms with Gasteiger partial charge in [0.25, 0.3) is 0 Å². The lowest BCUT2D eigenvalue weighted by Crippen LogP contribution is -2.33. The van der Waals surface area contributed by atoms with Crippen LogP contribution in [0.25, 0.3) is 0 Å². The van der Waals surface area contributed by atoms with Crippen LogP contribution < -0.4 is 0 Å². The maximum atomic E-state index is 2.49. The molecule has 0 N–H and O–H groups in total. The van der Waals surface area contributed by atoms with Crippen molar-refractivity contribution in [1.82, 2.24) is 0 Å². The average molecular weight is 269 g/mol. The largest absolute Gasteiger partial charge is 0.0649 e. The minimum absolute atomic E-state index is 0.516. The summed E-state index contributed by atoms with van der Waals surface area (Å²) in [6, 6.07) is 0. The van der Waals surface area contributed by atoms with Crippen LogP contribution >= 0.6 is 0 Å². The third-order valence-electron chi connectivity index (χ3n) is 6.92. The molecule has 0 amide bonds. The molecule has 0 aromatic rings. The van der Waals surface area contributed by atoms with Crippen LogP contribution in [-0.2, 0) is 0 Å². The maximum absolute atomic E-state index is 2.49. The second kappa shape index (κ2) is 7.70. The summed E-state index contributed by atoms with van der Waals surface area (Å²) in [4.78, 5) is 0. The molecular formula is C19H40. The smallest absolute Gasteiger partial charge is 0.0303 e. The predicted octanol–water partition coefficient (Wildman–Crippen LogP) is 6.94. The normalized spacial score (nSPS) is 18.2. The number of rotatable bonds is 9. The summed E-state index contributed by atoms with van der Waals surface area (Å²) in [5, 5.41) is 0. The van der Waals surface area contributed by atoms with Crippen molar-refractivity contribution in [3.8, 4) is 0 Å². The van der Waals surface area contributed by atoms with E-state index in [1.54, 1.807) is 0 Å². The molecule has 19 heavy (non-hydrogen) atoms. The van der Waals surface area contributed by atoms with E-state index in [2.05, 4.69) is 62.3 Å². The van der Waals surface area contributed by atoms with Gasteiger partial charge in [0.1, 0.15) is 0 Å². The van der Waals surface area contributed by atoms with Crippen molar-refractivity contribution in [2.75, 3.05) is 0 Å². The standard InChI is InChI=1S/C19H40/c1-10-18(8,11-2)14-15(5)16(6)17(7)19(9,12-3)13-4/h15-17H,10-14H2,1-9H3. The minimum Gasteiger partial charge on any atom is -0.0649 e. The lowest BCUT2D eigenvalue weighted by Gasteiger charge is -2.42. The fourth-order valence-electron chi connectivity index (χ4n) is 3.52. The molecule has 3 atom stereocenters. The van der Waals surface area contributed by atoms with E-state index in [1.165, 1.54) is 32.1 Å². The molecule has 116 valence electrons. The molecule has 0 heterocycles. The van der Waals surface area contributed by atoms with Gasteiger partial charge < -0.3 is 0 Å². The first kappa shape index (κ1) is 19.0. The van der Waals surface area contributed by atoms with Gasteiger partial charge in [0.2, 0.25) is 0 Å². The van der Waals surface area contributed by atoms with E-state index in [0.717, 1.165) is 17.8 Å². The van der Waals surface area contributed by atoms with E-state index < -0.39 is 0 Å². The Labute approximate surface area is 123 Å². The van der Waals surface area contributed by atoms with Crippen molar-refractivity contribution in [2.24, 2.45) is 28.6 Å². The van der Waals surface area contributed by atoms with Gasteiger partial charge in [-0.2, -0.15) is 0 Å². The molecule has 0 bridgehead atoms. The fourth-order valence-corrected chi connectivity index (χ4v) is 3.52. The monoisotopic (exact) mass is 268 g/mol. The van der Waals surface area contributed by atoms with Crippen LogP contribution in [-0.4, -0.2) is 0 Å². The maximum Gasteiger partial charge on any atom is -0.0303 e. The van der Waals surface area contributed by atoms with E-state index in [9.17, 15) is 0 Å². The van der Waals surface area contributed by atoms with E-state index in [1.807, 2.05) is 0 Å². The summed E-state index contributed by atoms with van der Waals surface area (Å²) in [6.07, 6.45) is 6.62. The third kappa shape index (κ3) is 4.80. The Hall–Kier alpha value is 0. The Balaban J connectivity index is 4.77. The molecule has 0 radical (unpaired) electrons. The average Bonchev–Trinajstić information content (AvgIpc) is 2.44. The molecule has 0 spiro atoms. The van der Waals surface area contributed by atoms with E-state index in [-0.39, 0.29) is 0 Å². The van der Waals surface area contributed by atoms with Crippen LogP contribution in [0.15, 0.2) is 0 Å². The summed E-state index contributed by atoms with van der Waals surface area (Å²) in [7, 11) is 0. The van der Waals surface area contributed by atoms with Gasteiger partial charge in [0.05, 0.1) is 0 Å². The lowest BCUT2D eigenvalue weighted by molar-refractivity contribution is 0.0784. The van der Waals surface area contributed by atoms with Gasteiger partial charge >= 0.3 is 0 Å². The number of hydrogen-bond acceptors (Lipinski definition) is 0. The zero-order chi connectivity index (χ0) is 15.3. The van der Waals surface area contributed by atoms with Crippen LogP contribution in [0, 0.1) is 28.6 Å². The van der Waals surface area contributed by atoms with Gasteiger partial charge in [-0.1, -0.05) is 88.0 Å². The summed E-state index contributed by atoms with van der Waals surface area (Å²) in [6.45, 7) is 21.8. The van der Waals surface area contributed by atoms with Crippen molar-refractivity contribution < 1.29 is 0 Å². The minimum atomic E-state index is 0.516. The Bertz CT molecular complexity index is 232. The summed E-state index contributed by atoms with van der Waals surface area (Å²) in [5.41, 5.74) is 1.06. The highest BCUT2D eigenvalue weighted by Gasteiger charge is 2.35. The van der Waals surface area contributed by atoms with Crippen LogP contribution in [0.1, 0.15) is 94.4 Å². The predicted molar refractivity (Wildman–Crippen MR) is 89.5 cm³/mol. The highest BCUT2D eigenvalue weighted by atomic mass is 14.4. The summed E-state index contributed by atoms with van der Waals surface area (Å²) in [5.74, 6) is 2.47. The van der Waals surface area contributed by atoms with Crippen molar-refractivity contribution in [3.05, 3.63) is 0 Å². The van der Waals surface area contributed by atoms with Gasteiger partial charge in [0, 0.05) is 0 Å². The third-order valence-corrected chi connectivity index (χ3v) is 6.92. The fraction of sp³-hybridized carbons (Fsp3) is 1.00. The Morgan fingerprint density at radius 1 is 0.737 bits per heavy atom. The summed E-state index contributed by atoms with van der Waals surface area (Å²) < 4.78 is 0. The highest BCUT2D eigenvalue weighted by Crippen LogP contribution is 2.44. The molecular weight excluding hydrogens is 228 g/mol. The second-order valence-electron chi connectivity index (χ2n) is 7.71. The van der Waals surface area contributed by atoms with Gasteiger partial charge in [-0.25, -0.2) is 0 Å². The Morgan fingerprint density at radius 2 is 1.16 bits per heavy atom. The summed E-state index contributed by atoms with van der Waals surface area (Å²) >= 11 is 0. The molecule has 3 unspecified atom stereocenters. The van der Waals surface area contributed by atoms with Crippen LogP contribution in [0.3, 0.4) is 0 Å². The van der Waals surface area contributed by atoms with E-state index >= 15 is 0 Å². The van der Waals surface area contributed by atoms with Gasteiger partial charge in [-0.15, -0.1) is 0 Å². The Morgan fingerprint density at radius 3 is 1.47 bits per heavy atom. The lowest BCUT2D eigenvalue weighted by atomic mass is 9.63. The first-order valence-corrected chi connectivity index (χ1v) is 8.69. The molecule has 0 aliphatic heterocycles. The molecule has 0 nitrogen and oxygen atoms in total. The molecule has 0 aromatic heterocycles. The van der Waals surface area contributed by atoms with Gasteiger partial charge in [-0.3, -0.25) is 0 Å². The second-order valence-corrected chi connectivity index (χ2v) is 7.71. The van der Waals surface area contributed by atoms with Crippen molar-refractivity contribution >= 4 is 0 Å². The molecule has 0 rings (SSSR count). The Kier molecular flexibility index (Phi) is 7.70. The topological polar surface area (TPSA) is 0 Å². The zero-order valence-electron chi connectivity index (χ0n) is 15.3. The van der Waals surface area contributed by atoms with Crippen LogP contribution in [0.5, 0.6) is 0 Å². The van der Waals surface area contributed by atoms with Gasteiger partial charge in [0.15, 0.2) is 0 Å². The molecule has 0 aliphatic carbocycles. The zero-order valence-corrected chi connectivity index (χ0v) is 15.3. The SMILES string of the molecule is CCC(C)(CC)CC(C)C(C)C(C)C(C)(CC)CC. The van der Waals surface area contributed by atoms with Crippen LogP contribution in [0.2, 0.25) is 0 Å². The first-order chi connectivity index (χ1) is 8.69. The molecule has 0 saturated heterocycles. The van der Waals surface area contributed by atoms with E-state index in [0.29, 0.717) is 10.8 Å². The quantitative estimate of drug-likeness (QED) is 0.425. The van der Waals surface area contributed by atoms with Crippen LogP contribution in [0.4, 0.5) is 0 Å². The molecule has 0 saturated carbocycles. The molecule has 0 aromatic carbocycles. The van der Waals surface area contributed by atoms with Crippen molar-refractivity contribution in [3.63, 3.8) is 0 Å². The molecule has 0 heteroatoms. The molecule has 0 aliphatic rings. The van der Waals surface area contributed by atoms with Crippen molar-refractivity contribution in [2.45, 2.75) is 94.4 Å². The van der Waals surface area contributed by atoms with E-state index in [4.69, 9.17) is 0 Å². The van der Waals surface area contributed by atoms with Crippen molar-refractivity contribution in [1.29, 1.82) is 0 Å². The number of hydrogen-bond donors (Lipinski definition) is 0. The highest BCUT2D eigenvalue weighted by molar-refractivity contribution is 4.85. The first-order valence-electron chi connectivity index (χ1n) is 8.69. The molecule has 0 fully saturated rings.